The average molecular weight is 340 g/mol. The van der Waals surface area contributed by atoms with Crippen molar-refractivity contribution in [3.8, 4) is 0 Å². The highest BCUT2D eigenvalue weighted by molar-refractivity contribution is 5.78. The third kappa shape index (κ3) is 4.67. The fourth-order valence-corrected chi connectivity index (χ4v) is 3.02. The monoisotopic (exact) mass is 340 g/mol. The lowest BCUT2D eigenvalue weighted by Crippen LogP contribution is -2.39. The van der Waals surface area contributed by atoms with Gasteiger partial charge >= 0.3 is 0 Å². The molecule has 132 valence electrons. The Morgan fingerprint density at radius 1 is 1.04 bits per heavy atom. The molecule has 0 atom stereocenters. The summed E-state index contributed by atoms with van der Waals surface area (Å²) in [5.41, 5.74) is 3.00. The van der Waals surface area contributed by atoms with Crippen LogP contribution in [0.25, 0.3) is 0 Å². The Kier molecular flexibility index (Phi) is 5.49. The van der Waals surface area contributed by atoms with Gasteiger partial charge in [-0.05, 0) is 37.0 Å². The van der Waals surface area contributed by atoms with E-state index in [0.29, 0.717) is 31.2 Å². The van der Waals surface area contributed by atoms with Crippen LogP contribution in [-0.4, -0.2) is 35.3 Å². The number of carbonyl (C=O) groups is 1. The zero-order valence-corrected chi connectivity index (χ0v) is 14.9. The molecular weight excluding hydrogens is 315 g/mol. The fraction of sp³-hybridized carbons (Fsp3) is 0.381. The van der Waals surface area contributed by atoms with Crippen molar-refractivity contribution in [1.82, 2.24) is 9.80 Å². The Morgan fingerprint density at radius 3 is 2.32 bits per heavy atom. The second kappa shape index (κ2) is 7.79. The lowest BCUT2D eigenvalue weighted by Gasteiger charge is -2.25. The number of rotatable bonds is 7. The second-order valence-corrected chi connectivity index (χ2v) is 6.90. The first-order chi connectivity index (χ1) is 12.0. The number of hydrogen-bond acceptors (Lipinski definition) is 2. The topological polar surface area (TPSA) is 23.6 Å². The largest absolute Gasteiger partial charge is 0.340 e. The van der Waals surface area contributed by atoms with Crippen molar-refractivity contribution in [3.05, 3.63) is 71.0 Å². The predicted molar refractivity (Wildman–Crippen MR) is 97.5 cm³/mol. The Morgan fingerprint density at radius 2 is 1.68 bits per heavy atom. The Labute approximate surface area is 149 Å². The minimum absolute atomic E-state index is 0.0755. The molecule has 3 rings (SSSR count). The van der Waals surface area contributed by atoms with Gasteiger partial charge in [-0.25, -0.2) is 4.39 Å². The highest BCUT2D eigenvalue weighted by Crippen LogP contribution is 2.28. The van der Waals surface area contributed by atoms with Crippen molar-refractivity contribution in [3.63, 3.8) is 0 Å². The molecule has 0 bridgehead atoms. The van der Waals surface area contributed by atoms with E-state index in [1.54, 1.807) is 17.0 Å². The van der Waals surface area contributed by atoms with Crippen molar-refractivity contribution in [2.75, 3.05) is 13.6 Å². The molecule has 25 heavy (non-hydrogen) atoms. The molecule has 2 aromatic carbocycles. The first-order valence-electron chi connectivity index (χ1n) is 8.80. The van der Waals surface area contributed by atoms with Crippen LogP contribution >= 0.6 is 0 Å². The van der Waals surface area contributed by atoms with E-state index < -0.39 is 0 Å². The van der Waals surface area contributed by atoms with E-state index in [2.05, 4.69) is 24.0 Å². The molecule has 0 N–H and O–H groups in total. The van der Waals surface area contributed by atoms with Crippen molar-refractivity contribution in [2.45, 2.75) is 38.9 Å². The van der Waals surface area contributed by atoms with Gasteiger partial charge in [0.25, 0.3) is 0 Å². The van der Waals surface area contributed by atoms with Gasteiger partial charge in [-0.1, -0.05) is 42.5 Å². The average Bonchev–Trinajstić information content (AvgIpc) is 3.43. The fourth-order valence-electron chi connectivity index (χ4n) is 3.02. The van der Waals surface area contributed by atoms with E-state index in [1.165, 1.54) is 11.6 Å². The van der Waals surface area contributed by atoms with Crippen LogP contribution in [0.15, 0.2) is 48.5 Å². The van der Waals surface area contributed by atoms with Crippen LogP contribution < -0.4 is 0 Å². The van der Waals surface area contributed by atoms with Gasteiger partial charge in [0.05, 0.1) is 6.54 Å². The van der Waals surface area contributed by atoms with Gasteiger partial charge in [-0.3, -0.25) is 9.69 Å². The van der Waals surface area contributed by atoms with Crippen LogP contribution in [0.3, 0.4) is 0 Å². The molecule has 2 aromatic rings. The molecule has 1 fully saturated rings. The van der Waals surface area contributed by atoms with E-state index in [9.17, 15) is 9.18 Å². The number of likely N-dealkylation sites (N-methyl/N-ethyl adjacent to an activating group) is 1. The lowest BCUT2D eigenvalue weighted by molar-refractivity contribution is -0.132. The van der Waals surface area contributed by atoms with Gasteiger partial charge in [0.1, 0.15) is 5.82 Å². The molecule has 0 aliphatic heterocycles. The van der Waals surface area contributed by atoms with E-state index in [0.717, 1.165) is 18.4 Å². The number of carbonyl (C=O) groups excluding carboxylic acids is 1. The normalized spacial score (nSPS) is 13.9. The maximum atomic E-state index is 13.9. The zero-order chi connectivity index (χ0) is 17.8. The first-order valence-corrected chi connectivity index (χ1v) is 8.80. The summed E-state index contributed by atoms with van der Waals surface area (Å²) < 4.78 is 13.9. The Balaban J connectivity index is 1.63. The Bertz CT molecular complexity index is 742. The Hall–Kier alpha value is -2.20. The molecule has 1 saturated carbocycles. The molecule has 0 radical (unpaired) electrons. The molecule has 3 nitrogen and oxygen atoms in total. The van der Waals surface area contributed by atoms with Gasteiger partial charge in [-0.2, -0.15) is 0 Å². The maximum absolute atomic E-state index is 13.9. The van der Waals surface area contributed by atoms with Crippen molar-refractivity contribution in [2.24, 2.45) is 0 Å². The van der Waals surface area contributed by atoms with Crippen LogP contribution in [0.1, 0.15) is 29.5 Å². The summed E-state index contributed by atoms with van der Waals surface area (Å²) in [6.45, 7) is 3.48. The summed E-state index contributed by atoms with van der Waals surface area (Å²) in [4.78, 5) is 16.5. The molecule has 0 saturated heterocycles. The number of halogens is 1. The number of hydrogen-bond donors (Lipinski definition) is 0. The molecule has 1 aliphatic rings. The van der Waals surface area contributed by atoms with E-state index in [1.807, 2.05) is 25.2 Å². The van der Waals surface area contributed by atoms with E-state index in [-0.39, 0.29) is 11.7 Å². The van der Waals surface area contributed by atoms with Crippen molar-refractivity contribution in [1.29, 1.82) is 0 Å². The van der Waals surface area contributed by atoms with Gasteiger partial charge in [0.15, 0.2) is 0 Å². The van der Waals surface area contributed by atoms with Crippen LogP contribution in [0.4, 0.5) is 4.39 Å². The van der Waals surface area contributed by atoms with E-state index in [4.69, 9.17) is 0 Å². The number of amides is 1. The van der Waals surface area contributed by atoms with Gasteiger partial charge < -0.3 is 4.90 Å². The number of aryl methyl sites for hydroxylation is 1. The summed E-state index contributed by atoms with van der Waals surface area (Å²) in [5, 5.41) is 0. The highest BCUT2D eigenvalue weighted by atomic mass is 19.1. The molecule has 4 heteroatoms. The second-order valence-electron chi connectivity index (χ2n) is 6.90. The molecule has 1 aliphatic carbocycles. The first kappa shape index (κ1) is 17.6. The molecule has 0 spiro atoms. The van der Waals surface area contributed by atoms with E-state index >= 15 is 0 Å². The summed E-state index contributed by atoms with van der Waals surface area (Å²) in [7, 11) is 1.84. The van der Waals surface area contributed by atoms with Crippen molar-refractivity contribution < 1.29 is 9.18 Å². The highest BCUT2D eigenvalue weighted by Gasteiger charge is 2.31. The summed E-state index contributed by atoms with van der Waals surface area (Å²) in [6, 6.07) is 15.3. The third-order valence-corrected chi connectivity index (χ3v) is 4.83. The quantitative estimate of drug-likeness (QED) is 0.766. The van der Waals surface area contributed by atoms with Gasteiger partial charge in [0, 0.05) is 31.7 Å². The maximum Gasteiger partial charge on any atom is 0.236 e. The molecule has 1 amide bonds. The van der Waals surface area contributed by atoms with Gasteiger partial charge in [0.2, 0.25) is 5.91 Å². The summed E-state index contributed by atoms with van der Waals surface area (Å²) >= 11 is 0. The van der Waals surface area contributed by atoms with Crippen LogP contribution in [0, 0.1) is 12.7 Å². The summed E-state index contributed by atoms with van der Waals surface area (Å²) in [6.07, 6.45) is 2.17. The molecule has 0 aromatic heterocycles. The zero-order valence-electron chi connectivity index (χ0n) is 14.9. The van der Waals surface area contributed by atoms with Crippen LogP contribution in [0.5, 0.6) is 0 Å². The number of benzene rings is 2. The van der Waals surface area contributed by atoms with Crippen LogP contribution in [-0.2, 0) is 17.9 Å². The van der Waals surface area contributed by atoms with Crippen molar-refractivity contribution >= 4 is 5.91 Å². The predicted octanol–water partition coefficient (Wildman–Crippen LogP) is 3.76. The number of nitrogens with zero attached hydrogens (tertiary/aromatic N) is 2. The van der Waals surface area contributed by atoms with Crippen LogP contribution in [0.2, 0.25) is 0 Å². The summed E-state index contributed by atoms with van der Waals surface area (Å²) in [5.74, 6) is -0.125. The molecule has 0 unspecified atom stereocenters. The molecular formula is C21H25FN2O. The minimum atomic E-state index is -0.200. The van der Waals surface area contributed by atoms with Gasteiger partial charge in [-0.15, -0.1) is 0 Å². The SMILES string of the molecule is Cc1ccccc1CN(C)C(=O)CN(Cc1ccccc1F)C1CC1. The molecule has 0 heterocycles. The standard InChI is InChI=1S/C21H25FN2O/c1-16-7-3-4-8-17(16)13-23(2)21(25)15-24(19-11-12-19)14-18-9-5-6-10-20(18)22/h3-10,19H,11-15H2,1-2H3. The minimum Gasteiger partial charge on any atom is -0.340 e. The third-order valence-electron chi connectivity index (χ3n) is 4.83. The smallest absolute Gasteiger partial charge is 0.236 e. The lowest BCUT2D eigenvalue weighted by atomic mass is 10.1.